The van der Waals surface area contributed by atoms with Gasteiger partial charge in [-0.2, -0.15) is 4.98 Å². The van der Waals surface area contributed by atoms with Crippen LogP contribution in [0.3, 0.4) is 0 Å². The van der Waals surface area contributed by atoms with Crippen molar-refractivity contribution < 1.29 is 14.1 Å². The van der Waals surface area contributed by atoms with Crippen LogP contribution in [0.15, 0.2) is 59.1 Å². The third-order valence-electron chi connectivity index (χ3n) is 6.87. The van der Waals surface area contributed by atoms with Crippen molar-refractivity contribution in [3.63, 3.8) is 0 Å². The number of nitrogens with zero attached hydrogens (tertiary/aromatic N) is 3. The number of nitrogens with one attached hydrogen (secondary N) is 1. The number of benzene rings is 2. The Bertz CT molecular complexity index is 1120. The maximum Gasteiger partial charge on any atom is 0.258 e. The second-order valence-electron chi connectivity index (χ2n) is 9.46. The van der Waals surface area contributed by atoms with Crippen molar-refractivity contribution in [1.29, 1.82) is 0 Å². The van der Waals surface area contributed by atoms with Crippen LogP contribution >= 0.6 is 0 Å². The summed E-state index contributed by atoms with van der Waals surface area (Å²) in [5.41, 5.74) is 2.17. The van der Waals surface area contributed by atoms with Gasteiger partial charge in [0.05, 0.1) is 5.41 Å². The summed E-state index contributed by atoms with van der Waals surface area (Å²) in [6.07, 6.45) is 1.68. The average molecular weight is 447 g/mol. The van der Waals surface area contributed by atoms with Crippen molar-refractivity contribution in [3.05, 3.63) is 77.4 Å². The zero-order valence-electron chi connectivity index (χ0n) is 19.2. The lowest BCUT2D eigenvalue weighted by molar-refractivity contribution is -0.123. The molecule has 1 saturated heterocycles. The first-order valence-electron chi connectivity index (χ1n) is 11.6. The summed E-state index contributed by atoms with van der Waals surface area (Å²) in [7, 11) is 0. The number of aromatic nitrogens is 2. The zero-order chi connectivity index (χ0) is 22.8. The maximum atomic E-state index is 12.6. The van der Waals surface area contributed by atoms with E-state index in [1.165, 1.54) is 5.56 Å². The van der Waals surface area contributed by atoms with E-state index in [0.29, 0.717) is 23.4 Å². The molecule has 3 aromatic rings. The molecule has 1 aliphatic heterocycles. The fraction of sp³-hybridized carbons (Fsp3) is 0.423. The van der Waals surface area contributed by atoms with Crippen LogP contribution in [0.5, 0.6) is 5.75 Å². The Labute approximate surface area is 194 Å². The molecule has 33 heavy (non-hydrogen) atoms. The Hall–Kier alpha value is -3.19. The summed E-state index contributed by atoms with van der Waals surface area (Å²) in [5, 5.41) is 7.26. The van der Waals surface area contributed by atoms with E-state index in [4.69, 9.17) is 9.26 Å². The third kappa shape index (κ3) is 4.64. The molecule has 0 bridgehead atoms. The van der Waals surface area contributed by atoms with Gasteiger partial charge in [0.25, 0.3) is 5.91 Å². The highest BCUT2D eigenvalue weighted by atomic mass is 16.5. The van der Waals surface area contributed by atoms with Gasteiger partial charge in [-0.15, -0.1) is 0 Å². The number of aryl methyl sites for hydroxylation is 2. The Kier molecular flexibility index (Phi) is 5.89. The third-order valence-corrected chi connectivity index (χ3v) is 6.87. The molecule has 1 aromatic heterocycles. The van der Waals surface area contributed by atoms with Crippen molar-refractivity contribution in [2.75, 3.05) is 19.7 Å². The van der Waals surface area contributed by atoms with Gasteiger partial charge in [0.2, 0.25) is 5.89 Å². The molecule has 5 rings (SSSR count). The molecule has 7 heteroatoms. The number of carbonyl (C=O) groups is 1. The molecule has 7 nitrogen and oxygen atoms in total. The highest BCUT2D eigenvalue weighted by Crippen LogP contribution is 2.50. The molecule has 0 unspecified atom stereocenters. The predicted molar refractivity (Wildman–Crippen MR) is 124 cm³/mol. The fourth-order valence-electron chi connectivity index (χ4n) is 5.50. The summed E-state index contributed by atoms with van der Waals surface area (Å²) in [5.74, 6) is 2.32. The summed E-state index contributed by atoms with van der Waals surface area (Å²) in [4.78, 5) is 19.7. The molecule has 1 aliphatic carbocycles. The number of likely N-dealkylation sites (tertiary alicyclic amines) is 1. The lowest BCUT2D eigenvalue weighted by Gasteiger charge is -2.25. The lowest BCUT2D eigenvalue weighted by atomic mass is 9.80. The number of amides is 1. The molecule has 1 N–H and O–H groups in total. The molecule has 0 radical (unpaired) electrons. The molecular weight excluding hydrogens is 416 g/mol. The van der Waals surface area contributed by atoms with Crippen LogP contribution in [0.4, 0.5) is 0 Å². The summed E-state index contributed by atoms with van der Waals surface area (Å²) < 4.78 is 11.4. The topological polar surface area (TPSA) is 80.5 Å². The lowest BCUT2D eigenvalue weighted by Crippen LogP contribution is -2.39. The summed E-state index contributed by atoms with van der Waals surface area (Å²) in [6.45, 7) is 6.56. The Morgan fingerprint density at radius 3 is 2.82 bits per heavy atom. The summed E-state index contributed by atoms with van der Waals surface area (Å²) in [6, 6.07) is 18.3. The number of carbonyl (C=O) groups excluding carboxylic acids is 1. The highest BCUT2D eigenvalue weighted by Gasteiger charge is 2.57. The van der Waals surface area contributed by atoms with E-state index in [-0.39, 0.29) is 24.0 Å². The minimum atomic E-state index is -0.231. The fourth-order valence-corrected chi connectivity index (χ4v) is 5.50. The molecule has 2 aliphatic rings. The normalized spacial score (nSPS) is 24.5. The van der Waals surface area contributed by atoms with Gasteiger partial charge in [0.15, 0.2) is 12.4 Å². The Morgan fingerprint density at radius 1 is 1.21 bits per heavy atom. The zero-order valence-corrected chi connectivity index (χ0v) is 19.2. The molecule has 0 spiro atoms. The maximum absolute atomic E-state index is 12.6. The minimum absolute atomic E-state index is 0.0113. The van der Waals surface area contributed by atoms with Gasteiger partial charge < -0.3 is 14.6 Å². The van der Waals surface area contributed by atoms with Crippen LogP contribution in [-0.4, -0.2) is 46.7 Å². The van der Waals surface area contributed by atoms with Crippen LogP contribution in [-0.2, 0) is 16.8 Å². The van der Waals surface area contributed by atoms with Crippen LogP contribution < -0.4 is 10.1 Å². The van der Waals surface area contributed by atoms with Crippen LogP contribution in [0.1, 0.15) is 35.7 Å². The Balaban J connectivity index is 1.25. The molecule has 2 aromatic carbocycles. The smallest absolute Gasteiger partial charge is 0.258 e. The van der Waals surface area contributed by atoms with Crippen LogP contribution in [0.25, 0.3) is 0 Å². The van der Waals surface area contributed by atoms with Gasteiger partial charge in [0.1, 0.15) is 5.75 Å². The van der Waals surface area contributed by atoms with Crippen molar-refractivity contribution in [1.82, 2.24) is 20.4 Å². The molecule has 1 saturated carbocycles. The van der Waals surface area contributed by atoms with E-state index in [0.717, 1.165) is 38.0 Å². The second kappa shape index (κ2) is 8.98. The molecule has 172 valence electrons. The van der Waals surface area contributed by atoms with E-state index < -0.39 is 0 Å². The van der Waals surface area contributed by atoms with Gasteiger partial charge >= 0.3 is 0 Å². The molecule has 2 fully saturated rings. The van der Waals surface area contributed by atoms with Gasteiger partial charge in [0, 0.05) is 25.7 Å². The molecule has 2 heterocycles. The molecule has 3 atom stereocenters. The van der Waals surface area contributed by atoms with E-state index in [2.05, 4.69) is 44.6 Å². The second-order valence-corrected chi connectivity index (χ2v) is 9.46. The van der Waals surface area contributed by atoms with Crippen LogP contribution in [0, 0.1) is 19.8 Å². The number of hydrogen-bond donors (Lipinski definition) is 1. The van der Waals surface area contributed by atoms with Gasteiger partial charge in [-0.3, -0.25) is 9.69 Å². The van der Waals surface area contributed by atoms with E-state index in [1.807, 2.05) is 44.2 Å². The van der Waals surface area contributed by atoms with Crippen LogP contribution in [0.2, 0.25) is 0 Å². The van der Waals surface area contributed by atoms with E-state index >= 15 is 0 Å². The van der Waals surface area contributed by atoms with Crippen molar-refractivity contribution >= 4 is 5.91 Å². The largest absolute Gasteiger partial charge is 0.484 e. The Morgan fingerprint density at radius 2 is 2.06 bits per heavy atom. The molecule has 1 amide bonds. The average Bonchev–Trinajstić information content (AvgIpc) is 3.46. The minimum Gasteiger partial charge on any atom is -0.484 e. The van der Waals surface area contributed by atoms with E-state index in [1.54, 1.807) is 0 Å². The first-order chi connectivity index (χ1) is 16.0. The highest BCUT2D eigenvalue weighted by molar-refractivity contribution is 5.78. The number of fused-ring (bicyclic) bond motifs is 1. The van der Waals surface area contributed by atoms with Gasteiger partial charge in [-0.05, 0) is 55.9 Å². The SMILES string of the molecule is Cc1cccc(OCC(=O)N[C@@H]2C[C@H]3CN(Cc4ccccc4)C[C@@]3(c3nc(C)no3)C2)c1. The van der Waals surface area contributed by atoms with Gasteiger partial charge in [-0.25, -0.2) is 0 Å². The summed E-state index contributed by atoms with van der Waals surface area (Å²) >= 11 is 0. The van der Waals surface area contributed by atoms with Crippen molar-refractivity contribution in [2.24, 2.45) is 5.92 Å². The molecular formula is C26H30N4O3. The van der Waals surface area contributed by atoms with Gasteiger partial charge in [-0.1, -0.05) is 47.6 Å². The predicted octanol–water partition coefficient (Wildman–Crippen LogP) is 3.41. The number of ether oxygens (including phenoxy) is 1. The first-order valence-corrected chi connectivity index (χ1v) is 11.6. The number of rotatable bonds is 7. The monoisotopic (exact) mass is 446 g/mol. The number of hydrogen-bond acceptors (Lipinski definition) is 6. The van der Waals surface area contributed by atoms with Crippen molar-refractivity contribution in [2.45, 2.75) is 44.7 Å². The first kappa shape index (κ1) is 21.6. The van der Waals surface area contributed by atoms with E-state index in [9.17, 15) is 4.79 Å². The quantitative estimate of drug-likeness (QED) is 0.599. The standard InChI is InChI=1S/C26H30N4O3/c1-18-7-6-10-23(11-18)32-16-24(31)28-22-12-21-15-30(14-20-8-4-3-5-9-20)17-26(21,13-22)25-27-19(2)29-33-25/h3-11,21-22H,12-17H2,1-2H3,(H,28,31)/t21-,22+,26-/m0/s1. The van der Waals surface area contributed by atoms with Crippen molar-refractivity contribution in [3.8, 4) is 5.75 Å².